The van der Waals surface area contributed by atoms with E-state index in [1.165, 1.54) is 0 Å². The fourth-order valence-corrected chi connectivity index (χ4v) is 1.10. The third-order valence-corrected chi connectivity index (χ3v) is 1.76. The second-order valence-electron chi connectivity index (χ2n) is 2.87. The summed E-state index contributed by atoms with van der Waals surface area (Å²) in [5, 5.41) is 0. The van der Waals surface area contributed by atoms with Crippen LogP contribution in [0.1, 0.15) is 25.1 Å². The van der Waals surface area contributed by atoms with Gasteiger partial charge in [-0.1, -0.05) is 6.07 Å². The lowest BCUT2D eigenvalue weighted by molar-refractivity contribution is -0.143. The SMILES string of the molecule is CCOC(=O)C[C@@H](N)c1ccccn1.Cl. The topological polar surface area (TPSA) is 65.2 Å². The zero-order valence-corrected chi connectivity index (χ0v) is 9.37. The molecular weight excluding hydrogens is 216 g/mol. The number of nitrogens with two attached hydrogens (primary N) is 1. The highest BCUT2D eigenvalue weighted by Gasteiger charge is 2.12. The number of pyridine rings is 1. The van der Waals surface area contributed by atoms with Crippen LogP contribution in [0.15, 0.2) is 24.4 Å². The summed E-state index contributed by atoms with van der Waals surface area (Å²) in [7, 11) is 0. The van der Waals surface area contributed by atoms with Gasteiger partial charge in [0.25, 0.3) is 0 Å². The van der Waals surface area contributed by atoms with Crippen molar-refractivity contribution >= 4 is 18.4 Å². The Bertz CT molecular complexity index is 293. The molecule has 84 valence electrons. The predicted octanol–water partition coefficient (Wildman–Crippen LogP) is 1.46. The number of ether oxygens (including phenoxy) is 1. The van der Waals surface area contributed by atoms with Gasteiger partial charge in [0, 0.05) is 6.20 Å². The van der Waals surface area contributed by atoms with Crippen LogP contribution in [0.3, 0.4) is 0 Å². The zero-order valence-electron chi connectivity index (χ0n) is 8.55. The van der Waals surface area contributed by atoms with Crippen molar-refractivity contribution in [1.82, 2.24) is 4.98 Å². The van der Waals surface area contributed by atoms with Crippen molar-refractivity contribution in [2.75, 3.05) is 6.61 Å². The van der Waals surface area contributed by atoms with E-state index in [1.54, 1.807) is 25.3 Å². The molecule has 0 aliphatic carbocycles. The number of rotatable bonds is 4. The van der Waals surface area contributed by atoms with Gasteiger partial charge in [0.1, 0.15) is 0 Å². The van der Waals surface area contributed by atoms with E-state index in [2.05, 4.69) is 4.98 Å². The van der Waals surface area contributed by atoms with E-state index in [0.29, 0.717) is 12.3 Å². The van der Waals surface area contributed by atoms with Crippen LogP contribution >= 0.6 is 12.4 Å². The van der Waals surface area contributed by atoms with E-state index in [4.69, 9.17) is 10.5 Å². The Morgan fingerprint density at radius 1 is 1.60 bits per heavy atom. The Balaban J connectivity index is 0.00000196. The predicted molar refractivity (Wildman–Crippen MR) is 59.7 cm³/mol. The van der Waals surface area contributed by atoms with E-state index in [9.17, 15) is 4.79 Å². The van der Waals surface area contributed by atoms with E-state index >= 15 is 0 Å². The van der Waals surface area contributed by atoms with Gasteiger partial charge in [-0.2, -0.15) is 0 Å². The second kappa shape index (κ2) is 7.20. The summed E-state index contributed by atoms with van der Waals surface area (Å²) in [5.74, 6) is -0.286. The number of hydrogen-bond acceptors (Lipinski definition) is 4. The Labute approximate surface area is 95.2 Å². The highest BCUT2D eigenvalue weighted by atomic mass is 35.5. The molecule has 1 atom stereocenters. The fourth-order valence-electron chi connectivity index (χ4n) is 1.10. The molecule has 0 saturated carbocycles. The molecule has 0 bridgehead atoms. The number of nitrogens with zero attached hydrogens (tertiary/aromatic N) is 1. The zero-order chi connectivity index (χ0) is 10.4. The molecule has 1 aromatic rings. The van der Waals surface area contributed by atoms with Gasteiger partial charge in [-0.15, -0.1) is 12.4 Å². The van der Waals surface area contributed by atoms with E-state index in [-0.39, 0.29) is 30.8 Å². The molecule has 1 rings (SSSR count). The second-order valence-corrected chi connectivity index (χ2v) is 2.87. The largest absolute Gasteiger partial charge is 0.466 e. The van der Waals surface area contributed by atoms with Gasteiger partial charge >= 0.3 is 5.97 Å². The Kier molecular flexibility index (Phi) is 6.66. The summed E-state index contributed by atoms with van der Waals surface area (Å²) in [5.41, 5.74) is 6.47. The minimum Gasteiger partial charge on any atom is -0.466 e. The lowest BCUT2D eigenvalue weighted by Crippen LogP contribution is -2.18. The highest BCUT2D eigenvalue weighted by molar-refractivity contribution is 5.85. The summed E-state index contributed by atoms with van der Waals surface area (Å²) in [6.07, 6.45) is 1.82. The summed E-state index contributed by atoms with van der Waals surface area (Å²) in [6.45, 7) is 2.15. The minimum absolute atomic E-state index is 0. The molecule has 0 fully saturated rings. The average molecular weight is 231 g/mol. The van der Waals surface area contributed by atoms with Gasteiger partial charge in [-0.3, -0.25) is 9.78 Å². The van der Waals surface area contributed by atoms with E-state index in [0.717, 1.165) is 0 Å². The van der Waals surface area contributed by atoms with Crippen LogP contribution in [-0.2, 0) is 9.53 Å². The van der Waals surface area contributed by atoms with Crippen molar-refractivity contribution in [2.45, 2.75) is 19.4 Å². The van der Waals surface area contributed by atoms with Gasteiger partial charge in [-0.05, 0) is 19.1 Å². The molecule has 1 aromatic heterocycles. The maximum Gasteiger partial charge on any atom is 0.307 e. The number of aromatic nitrogens is 1. The number of halogens is 1. The first-order chi connectivity index (χ1) is 6.74. The summed E-state index contributed by atoms with van der Waals surface area (Å²) < 4.78 is 4.79. The molecule has 1 heterocycles. The molecule has 4 nitrogen and oxygen atoms in total. The smallest absolute Gasteiger partial charge is 0.307 e. The van der Waals surface area contributed by atoms with Crippen molar-refractivity contribution in [3.63, 3.8) is 0 Å². The molecule has 0 radical (unpaired) electrons. The fraction of sp³-hybridized carbons (Fsp3) is 0.400. The molecular formula is C10H15ClN2O2. The number of esters is 1. The van der Waals surface area contributed by atoms with Crippen LogP contribution in [0, 0.1) is 0 Å². The number of hydrogen-bond donors (Lipinski definition) is 1. The first-order valence-electron chi connectivity index (χ1n) is 4.56. The molecule has 5 heteroatoms. The van der Waals surface area contributed by atoms with Crippen LogP contribution in [-0.4, -0.2) is 17.6 Å². The first kappa shape index (κ1) is 13.9. The number of carbonyl (C=O) groups is 1. The van der Waals surface area contributed by atoms with Gasteiger partial charge in [0.15, 0.2) is 0 Å². The van der Waals surface area contributed by atoms with Gasteiger partial charge in [0.05, 0.1) is 24.8 Å². The summed E-state index contributed by atoms with van der Waals surface area (Å²) in [6, 6.07) is 5.06. The van der Waals surface area contributed by atoms with Crippen LogP contribution in [0.2, 0.25) is 0 Å². The Hall–Kier alpha value is -1.13. The van der Waals surface area contributed by atoms with Crippen LogP contribution in [0.4, 0.5) is 0 Å². The molecule has 0 amide bonds. The molecule has 0 aliphatic heterocycles. The molecule has 0 unspecified atom stereocenters. The number of carbonyl (C=O) groups excluding carboxylic acids is 1. The van der Waals surface area contributed by atoms with E-state index < -0.39 is 0 Å². The molecule has 0 spiro atoms. The maximum atomic E-state index is 11.1. The lowest BCUT2D eigenvalue weighted by atomic mass is 10.1. The quantitative estimate of drug-likeness (QED) is 0.796. The monoisotopic (exact) mass is 230 g/mol. The molecule has 0 aliphatic rings. The van der Waals surface area contributed by atoms with Crippen molar-refractivity contribution in [3.05, 3.63) is 30.1 Å². The third-order valence-electron chi connectivity index (χ3n) is 1.76. The van der Waals surface area contributed by atoms with E-state index in [1.807, 2.05) is 6.07 Å². The highest BCUT2D eigenvalue weighted by Crippen LogP contribution is 2.10. The normalized spacial score (nSPS) is 11.3. The Morgan fingerprint density at radius 3 is 2.87 bits per heavy atom. The van der Waals surface area contributed by atoms with Crippen molar-refractivity contribution in [3.8, 4) is 0 Å². The summed E-state index contributed by atoms with van der Waals surface area (Å²) in [4.78, 5) is 15.2. The first-order valence-corrected chi connectivity index (χ1v) is 4.56. The van der Waals surface area contributed by atoms with Gasteiger partial charge in [0.2, 0.25) is 0 Å². The molecule has 2 N–H and O–H groups in total. The standard InChI is InChI=1S/C10H14N2O2.ClH/c1-2-14-10(13)7-8(11)9-5-3-4-6-12-9;/h3-6,8H,2,7,11H2,1H3;1H/t8-;/m1./s1. The maximum absolute atomic E-state index is 11.1. The average Bonchev–Trinajstić information content (AvgIpc) is 2.19. The van der Waals surface area contributed by atoms with Crippen LogP contribution in [0.25, 0.3) is 0 Å². The van der Waals surface area contributed by atoms with Crippen LogP contribution in [0.5, 0.6) is 0 Å². The van der Waals surface area contributed by atoms with Crippen LogP contribution < -0.4 is 5.73 Å². The van der Waals surface area contributed by atoms with Gasteiger partial charge < -0.3 is 10.5 Å². The third kappa shape index (κ3) is 4.76. The van der Waals surface area contributed by atoms with Crippen molar-refractivity contribution < 1.29 is 9.53 Å². The van der Waals surface area contributed by atoms with Crippen molar-refractivity contribution in [1.29, 1.82) is 0 Å². The molecule has 15 heavy (non-hydrogen) atoms. The summed E-state index contributed by atoms with van der Waals surface area (Å²) >= 11 is 0. The minimum atomic E-state index is -0.379. The van der Waals surface area contributed by atoms with Gasteiger partial charge in [-0.25, -0.2) is 0 Å². The lowest BCUT2D eigenvalue weighted by Gasteiger charge is -2.09. The van der Waals surface area contributed by atoms with Crippen molar-refractivity contribution in [2.24, 2.45) is 5.73 Å². The molecule has 0 aromatic carbocycles. The Morgan fingerprint density at radius 2 is 2.33 bits per heavy atom. The molecule has 0 saturated heterocycles.